The van der Waals surface area contributed by atoms with E-state index < -0.39 is 11.5 Å². The number of hydrogen-bond donors (Lipinski definition) is 2. The quantitative estimate of drug-likeness (QED) is 0.647. The Morgan fingerprint density at radius 2 is 2.00 bits per heavy atom. The zero-order valence-electron chi connectivity index (χ0n) is 13.8. The van der Waals surface area contributed by atoms with Gasteiger partial charge in [0.2, 0.25) is 0 Å². The van der Waals surface area contributed by atoms with E-state index in [1.807, 2.05) is 20.8 Å². The Hall–Kier alpha value is -0.610. The first-order valence-corrected chi connectivity index (χ1v) is 8.03. The largest absolute Gasteiger partial charge is 0.480 e. The van der Waals surface area contributed by atoms with Crippen LogP contribution in [0.15, 0.2) is 0 Å². The molecule has 0 aromatic heterocycles. The molecule has 0 radical (unpaired) electrons. The molecule has 20 heavy (non-hydrogen) atoms. The zero-order valence-corrected chi connectivity index (χ0v) is 13.8. The molecule has 118 valence electrons. The van der Waals surface area contributed by atoms with E-state index in [1.165, 1.54) is 12.8 Å². The summed E-state index contributed by atoms with van der Waals surface area (Å²) < 4.78 is 0. The van der Waals surface area contributed by atoms with Gasteiger partial charge in [0.25, 0.3) is 0 Å². The highest BCUT2D eigenvalue weighted by molar-refractivity contribution is 5.78. The number of hydrogen-bond acceptors (Lipinski definition) is 3. The van der Waals surface area contributed by atoms with Gasteiger partial charge in [-0.25, -0.2) is 0 Å². The Labute approximate surface area is 123 Å². The van der Waals surface area contributed by atoms with Crippen LogP contribution < -0.4 is 5.32 Å². The van der Waals surface area contributed by atoms with Gasteiger partial charge >= 0.3 is 5.97 Å². The fourth-order valence-corrected chi connectivity index (χ4v) is 3.00. The van der Waals surface area contributed by atoms with Gasteiger partial charge in [-0.1, -0.05) is 6.92 Å². The predicted octanol–water partition coefficient (Wildman–Crippen LogP) is 2.73. The van der Waals surface area contributed by atoms with Gasteiger partial charge in [0.15, 0.2) is 0 Å². The van der Waals surface area contributed by atoms with Crippen molar-refractivity contribution in [2.45, 2.75) is 77.4 Å². The molecule has 0 aliphatic heterocycles. The number of rotatable bonds is 10. The first kappa shape index (κ1) is 17.4. The van der Waals surface area contributed by atoms with E-state index in [9.17, 15) is 9.90 Å². The van der Waals surface area contributed by atoms with Crippen molar-refractivity contribution in [2.75, 3.05) is 13.6 Å². The molecule has 1 aliphatic carbocycles. The van der Waals surface area contributed by atoms with Gasteiger partial charge in [-0.3, -0.25) is 10.1 Å². The van der Waals surface area contributed by atoms with Crippen LogP contribution in [0.25, 0.3) is 0 Å². The third kappa shape index (κ3) is 4.74. The van der Waals surface area contributed by atoms with Crippen molar-refractivity contribution < 1.29 is 9.90 Å². The van der Waals surface area contributed by atoms with Gasteiger partial charge in [-0.15, -0.1) is 0 Å². The lowest BCUT2D eigenvalue weighted by molar-refractivity contribution is -0.145. The minimum Gasteiger partial charge on any atom is -0.480 e. The van der Waals surface area contributed by atoms with Crippen molar-refractivity contribution >= 4 is 5.97 Å². The van der Waals surface area contributed by atoms with E-state index in [1.54, 1.807) is 0 Å². The van der Waals surface area contributed by atoms with E-state index in [4.69, 9.17) is 0 Å². The molecule has 1 saturated carbocycles. The Balaban J connectivity index is 2.46. The van der Waals surface area contributed by atoms with Crippen LogP contribution in [0.1, 0.15) is 59.8 Å². The Bertz CT molecular complexity index is 316. The molecule has 2 N–H and O–H groups in total. The maximum atomic E-state index is 11.6. The summed E-state index contributed by atoms with van der Waals surface area (Å²) in [4.78, 5) is 14.0. The van der Waals surface area contributed by atoms with Crippen LogP contribution in [-0.4, -0.2) is 47.2 Å². The number of nitrogens with zero attached hydrogens (tertiary/aromatic N) is 1. The molecule has 0 aromatic carbocycles. The first-order valence-electron chi connectivity index (χ1n) is 8.03. The van der Waals surface area contributed by atoms with Crippen molar-refractivity contribution in [1.29, 1.82) is 0 Å². The lowest BCUT2D eigenvalue weighted by Crippen LogP contribution is -2.54. The summed E-state index contributed by atoms with van der Waals surface area (Å²) in [5.41, 5.74) is -0.766. The normalized spacial score (nSPS) is 20.1. The summed E-state index contributed by atoms with van der Waals surface area (Å²) in [5.74, 6) is 0.149. The lowest BCUT2D eigenvalue weighted by Gasteiger charge is -2.33. The number of aliphatic carboxylic acids is 1. The predicted molar refractivity (Wildman–Crippen MR) is 83.0 cm³/mol. The first-order chi connectivity index (χ1) is 9.32. The van der Waals surface area contributed by atoms with E-state index in [0.29, 0.717) is 18.9 Å². The topological polar surface area (TPSA) is 52.6 Å². The second kappa shape index (κ2) is 7.41. The molecule has 0 aromatic rings. The summed E-state index contributed by atoms with van der Waals surface area (Å²) >= 11 is 0. The van der Waals surface area contributed by atoms with Crippen molar-refractivity contribution in [2.24, 2.45) is 5.92 Å². The number of carboxylic acids is 1. The molecular weight excluding hydrogens is 252 g/mol. The molecule has 4 nitrogen and oxygen atoms in total. The summed E-state index contributed by atoms with van der Waals surface area (Å²) in [6, 6.07) is 0.822. The van der Waals surface area contributed by atoms with Gasteiger partial charge < -0.3 is 10.0 Å². The fourth-order valence-electron chi connectivity index (χ4n) is 3.00. The Morgan fingerprint density at radius 3 is 2.40 bits per heavy atom. The number of carboxylic acid groups (broad SMARTS) is 1. The average molecular weight is 284 g/mol. The summed E-state index contributed by atoms with van der Waals surface area (Å²) in [6.07, 6.45) is 4.96. The number of nitrogens with one attached hydrogen (secondary N) is 1. The highest BCUT2D eigenvalue weighted by Gasteiger charge is 2.37. The molecule has 0 bridgehead atoms. The third-order valence-electron chi connectivity index (χ3n) is 4.69. The Morgan fingerprint density at radius 1 is 1.40 bits per heavy atom. The highest BCUT2D eigenvalue weighted by Crippen LogP contribution is 2.34. The molecule has 0 amide bonds. The molecule has 1 rings (SSSR count). The lowest BCUT2D eigenvalue weighted by atomic mass is 9.89. The van der Waals surface area contributed by atoms with Crippen molar-refractivity contribution in [1.82, 2.24) is 10.2 Å². The highest BCUT2D eigenvalue weighted by atomic mass is 16.4. The molecule has 2 unspecified atom stereocenters. The van der Waals surface area contributed by atoms with Gasteiger partial charge in [0.05, 0.1) is 0 Å². The molecular formula is C16H32N2O2. The monoisotopic (exact) mass is 284 g/mol. The van der Waals surface area contributed by atoms with Crippen LogP contribution in [0.3, 0.4) is 0 Å². The van der Waals surface area contributed by atoms with E-state index in [0.717, 1.165) is 18.9 Å². The van der Waals surface area contributed by atoms with Gasteiger partial charge in [-0.05, 0) is 72.4 Å². The van der Waals surface area contributed by atoms with Crippen LogP contribution in [0.2, 0.25) is 0 Å². The van der Waals surface area contributed by atoms with Crippen LogP contribution in [0, 0.1) is 5.92 Å². The zero-order chi connectivity index (χ0) is 15.3. The molecule has 1 fully saturated rings. The molecule has 1 aliphatic rings. The SMILES string of the molecule is CCC(CCCN(C)C(C)C1CC1)(NC(C)C)C(=O)O. The minimum atomic E-state index is -0.766. The number of carbonyl (C=O) groups is 1. The molecule has 0 spiro atoms. The smallest absolute Gasteiger partial charge is 0.323 e. The van der Waals surface area contributed by atoms with Crippen molar-refractivity contribution in [3.63, 3.8) is 0 Å². The van der Waals surface area contributed by atoms with Gasteiger partial charge in [0, 0.05) is 12.1 Å². The van der Waals surface area contributed by atoms with Crippen molar-refractivity contribution in [3.8, 4) is 0 Å². The van der Waals surface area contributed by atoms with E-state index >= 15 is 0 Å². The molecule has 0 saturated heterocycles. The Kier molecular flexibility index (Phi) is 6.46. The second-order valence-corrected chi connectivity index (χ2v) is 6.70. The maximum absolute atomic E-state index is 11.6. The maximum Gasteiger partial charge on any atom is 0.323 e. The minimum absolute atomic E-state index is 0.189. The summed E-state index contributed by atoms with van der Waals surface area (Å²) in [5, 5.41) is 12.8. The van der Waals surface area contributed by atoms with Gasteiger partial charge in [-0.2, -0.15) is 0 Å². The standard InChI is InChI=1S/C16H32N2O2/c1-6-16(15(19)20,17-12(2)3)10-7-11-18(5)13(4)14-8-9-14/h12-14,17H,6-11H2,1-5H3,(H,19,20). The molecule has 0 heterocycles. The van der Waals surface area contributed by atoms with Crippen molar-refractivity contribution in [3.05, 3.63) is 0 Å². The summed E-state index contributed by atoms with van der Waals surface area (Å²) in [7, 11) is 2.16. The van der Waals surface area contributed by atoms with E-state index in [2.05, 4.69) is 24.2 Å². The molecule has 2 atom stereocenters. The van der Waals surface area contributed by atoms with Gasteiger partial charge in [0.1, 0.15) is 5.54 Å². The second-order valence-electron chi connectivity index (χ2n) is 6.70. The van der Waals surface area contributed by atoms with Crippen LogP contribution in [0.4, 0.5) is 0 Å². The fraction of sp³-hybridized carbons (Fsp3) is 0.938. The van der Waals surface area contributed by atoms with Crippen LogP contribution in [0.5, 0.6) is 0 Å². The molecule has 4 heteroatoms. The average Bonchev–Trinajstić information content (AvgIpc) is 3.19. The summed E-state index contributed by atoms with van der Waals surface area (Å²) in [6.45, 7) is 9.24. The van der Waals surface area contributed by atoms with Crippen LogP contribution in [-0.2, 0) is 4.79 Å². The van der Waals surface area contributed by atoms with E-state index in [-0.39, 0.29) is 6.04 Å². The third-order valence-corrected chi connectivity index (χ3v) is 4.69. The van der Waals surface area contributed by atoms with Crippen LogP contribution >= 0.6 is 0 Å².